The van der Waals surface area contributed by atoms with Crippen LogP contribution in [-0.4, -0.2) is 52.0 Å². The number of alkyl halides is 3. The Morgan fingerprint density at radius 3 is 2.60 bits per heavy atom. The van der Waals surface area contributed by atoms with Gasteiger partial charge in [-0.2, -0.15) is 26.3 Å². The predicted molar refractivity (Wildman–Crippen MR) is 142 cm³/mol. The van der Waals surface area contributed by atoms with Crippen LogP contribution in [0.4, 0.5) is 18.0 Å². The van der Waals surface area contributed by atoms with Crippen LogP contribution < -0.4 is 18.9 Å². The number of amides is 1. The smallest absolute Gasteiger partial charge is 0.421 e. The SMILES string of the molecule is C=CCCOc1ccc(CCCOC(=O)NS(=O)(=O)NCCOC(C)C)c(Oc2ncc(C(F)(F)F)cc2Cl)c1. The number of hydrogen-bond acceptors (Lipinski definition) is 8. The first-order valence-corrected chi connectivity index (χ1v) is 14.0. The molecule has 0 saturated carbocycles. The number of carbonyl (C=O) groups is 1. The largest absolute Gasteiger partial charge is 0.493 e. The highest BCUT2D eigenvalue weighted by Gasteiger charge is 2.32. The van der Waals surface area contributed by atoms with E-state index >= 15 is 0 Å². The number of rotatable bonds is 16. The van der Waals surface area contributed by atoms with Crippen molar-refractivity contribution in [2.45, 2.75) is 45.4 Å². The molecule has 0 spiro atoms. The number of halogens is 4. The van der Waals surface area contributed by atoms with E-state index in [2.05, 4.69) is 16.3 Å². The van der Waals surface area contributed by atoms with Crippen molar-refractivity contribution in [1.29, 1.82) is 0 Å². The molecule has 0 aliphatic carbocycles. The Hall–Kier alpha value is -3.07. The molecule has 0 aliphatic heterocycles. The number of carbonyl (C=O) groups excluding carboxylic acids is 1. The summed E-state index contributed by atoms with van der Waals surface area (Å²) >= 11 is 5.99. The molecule has 1 aromatic carbocycles. The molecule has 2 aromatic rings. The second-order valence-corrected chi connectivity index (χ2v) is 10.4. The normalized spacial score (nSPS) is 11.8. The minimum absolute atomic E-state index is 0.0331. The monoisotopic (exact) mass is 609 g/mol. The van der Waals surface area contributed by atoms with E-state index in [1.165, 1.54) is 6.07 Å². The van der Waals surface area contributed by atoms with Gasteiger partial charge in [-0.25, -0.2) is 14.5 Å². The molecule has 10 nitrogen and oxygen atoms in total. The van der Waals surface area contributed by atoms with Gasteiger partial charge < -0.3 is 18.9 Å². The fourth-order valence-electron chi connectivity index (χ4n) is 3.02. The van der Waals surface area contributed by atoms with E-state index in [1.807, 2.05) is 0 Å². The van der Waals surface area contributed by atoms with Gasteiger partial charge in [0.1, 0.15) is 16.5 Å². The van der Waals surface area contributed by atoms with Gasteiger partial charge in [-0.1, -0.05) is 23.7 Å². The molecule has 0 aliphatic rings. The third-order valence-corrected chi connectivity index (χ3v) is 6.15. The van der Waals surface area contributed by atoms with Crippen molar-refractivity contribution < 1.29 is 45.3 Å². The second kappa shape index (κ2) is 15.6. The lowest BCUT2D eigenvalue weighted by Gasteiger charge is -2.15. The van der Waals surface area contributed by atoms with Crippen LogP contribution >= 0.6 is 11.6 Å². The van der Waals surface area contributed by atoms with Crippen molar-refractivity contribution in [3.05, 3.63) is 59.3 Å². The first-order chi connectivity index (χ1) is 18.8. The van der Waals surface area contributed by atoms with Crippen LogP contribution in [0.3, 0.4) is 0 Å². The van der Waals surface area contributed by atoms with E-state index < -0.39 is 28.0 Å². The summed E-state index contributed by atoms with van der Waals surface area (Å²) in [5.41, 5.74) is -0.444. The van der Waals surface area contributed by atoms with E-state index in [-0.39, 0.29) is 55.4 Å². The summed E-state index contributed by atoms with van der Waals surface area (Å²) in [5, 5.41) is -0.343. The summed E-state index contributed by atoms with van der Waals surface area (Å²) in [7, 11) is -4.12. The highest BCUT2D eigenvalue weighted by atomic mass is 35.5. The van der Waals surface area contributed by atoms with Gasteiger partial charge in [0.05, 0.1) is 31.5 Å². The van der Waals surface area contributed by atoms with Crippen LogP contribution in [0.15, 0.2) is 43.1 Å². The maximum atomic E-state index is 13.0. The minimum atomic E-state index is -4.62. The Morgan fingerprint density at radius 1 is 1.20 bits per heavy atom. The zero-order valence-corrected chi connectivity index (χ0v) is 23.5. The van der Waals surface area contributed by atoms with Crippen LogP contribution in [-0.2, 0) is 32.3 Å². The molecule has 0 unspecified atom stereocenters. The van der Waals surface area contributed by atoms with E-state index in [0.717, 1.165) is 0 Å². The number of aromatic nitrogens is 1. The number of ether oxygens (including phenoxy) is 4. The number of nitrogens with one attached hydrogen (secondary N) is 2. The Balaban J connectivity index is 2.01. The molecule has 1 heterocycles. The number of pyridine rings is 1. The van der Waals surface area contributed by atoms with Crippen molar-refractivity contribution in [1.82, 2.24) is 14.4 Å². The molecule has 2 rings (SSSR count). The van der Waals surface area contributed by atoms with Gasteiger partial charge in [0.15, 0.2) is 0 Å². The third-order valence-electron chi connectivity index (χ3n) is 4.86. The van der Waals surface area contributed by atoms with Crippen LogP contribution in [0.2, 0.25) is 5.02 Å². The molecule has 15 heteroatoms. The molecule has 0 radical (unpaired) electrons. The molecule has 40 heavy (non-hydrogen) atoms. The number of aryl methyl sites for hydroxylation is 1. The van der Waals surface area contributed by atoms with Crippen molar-refractivity contribution >= 4 is 27.9 Å². The van der Waals surface area contributed by atoms with Gasteiger partial charge in [0, 0.05) is 18.8 Å². The van der Waals surface area contributed by atoms with Crippen LogP contribution in [0.5, 0.6) is 17.4 Å². The average molecular weight is 610 g/mol. The summed E-state index contributed by atoms with van der Waals surface area (Å²) in [5.74, 6) is 0.396. The van der Waals surface area contributed by atoms with Crippen molar-refractivity contribution in [2.24, 2.45) is 0 Å². The molecule has 0 bridgehead atoms. The van der Waals surface area contributed by atoms with E-state index in [0.29, 0.717) is 36.6 Å². The predicted octanol–water partition coefficient (Wildman–Crippen LogP) is 5.42. The molecule has 0 saturated heterocycles. The van der Waals surface area contributed by atoms with Gasteiger partial charge in [0.2, 0.25) is 5.88 Å². The fraction of sp³-hybridized carbons (Fsp3) is 0.440. The average Bonchev–Trinajstić information content (AvgIpc) is 2.86. The van der Waals surface area contributed by atoms with Gasteiger partial charge in [0.25, 0.3) is 0 Å². The molecule has 0 fully saturated rings. The second-order valence-electron chi connectivity index (χ2n) is 8.46. The van der Waals surface area contributed by atoms with Gasteiger partial charge >= 0.3 is 22.5 Å². The van der Waals surface area contributed by atoms with Crippen LogP contribution in [0.1, 0.15) is 37.8 Å². The Kier molecular flexibility index (Phi) is 13.0. The first-order valence-electron chi connectivity index (χ1n) is 12.1. The minimum Gasteiger partial charge on any atom is -0.493 e. The summed E-state index contributed by atoms with van der Waals surface area (Å²) in [6.45, 7) is 7.51. The Morgan fingerprint density at radius 2 is 1.95 bits per heavy atom. The Bertz CT molecular complexity index is 1240. The van der Waals surface area contributed by atoms with E-state index in [4.69, 9.17) is 30.5 Å². The maximum Gasteiger partial charge on any atom is 0.421 e. The molecule has 2 N–H and O–H groups in total. The maximum absolute atomic E-state index is 13.0. The van der Waals surface area contributed by atoms with Gasteiger partial charge in [-0.05, 0) is 50.8 Å². The third kappa shape index (κ3) is 12.0. The molecule has 1 aromatic heterocycles. The van der Waals surface area contributed by atoms with Gasteiger partial charge in [-0.15, -0.1) is 6.58 Å². The number of benzene rings is 1. The lowest BCUT2D eigenvalue weighted by molar-refractivity contribution is -0.137. The summed E-state index contributed by atoms with van der Waals surface area (Å²) in [6, 6.07) is 5.58. The van der Waals surface area contributed by atoms with Crippen LogP contribution in [0.25, 0.3) is 0 Å². The molecule has 222 valence electrons. The first kappa shape index (κ1) is 33.1. The van der Waals surface area contributed by atoms with Crippen molar-refractivity contribution in [2.75, 3.05) is 26.4 Å². The van der Waals surface area contributed by atoms with Crippen molar-refractivity contribution in [3.63, 3.8) is 0 Å². The van der Waals surface area contributed by atoms with E-state index in [1.54, 1.807) is 36.8 Å². The quantitative estimate of drug-likeness (QED) is 0.191. The molecular weight excluding hydrogens is 579 g/mol. The molecule has 1 amide bonds. The number of nitrogens with zero attached hydrogens (tertiary/aromatic N) is 1. The van der Waals surface area contributed by atoms with Crippen molar-refractivity contribution in [3.8, 4) is 17.4 Å². The summed E-state index contributed by atoms with van der Waals surface area (Å²) < 4.78 is 88.1. The molecular formula is C25H31ClF3N3O7S. The zero-order valence-electron chi connectivity index (χ0n) is 21.9. The topological polar surface area (TPSA) is 125 Å². The van der Waals surface area contributed by atoms with Crippen LogP contribution in [0, 0.1) is 0 Å². The fourth-order valence-corrected chi connectivity index (χ4v) is 3.93. The number of hydrogen-bond donors (Lipinski definition) is 2. The molecule has 0 atom stereocenters. The standard InChI is InChI=1S/C25H31ClF3N3O7S/c1-4-5-11-37-20-9-8-18(22(15-20)39-23-21(26)14-19(16-30-23)25(27,28)29)7-6-12-38-24(33)32-40(34,35)31-10-13-36-17(2)3/h4,8-9,14-17,31H,1,5-7,10-13H2,2-3H3,(H,32,33). The lowest BCUT2D eigenvalue weighted by atomic mass is 10.1. The highest BCUT2D eigenvalue weighted by molar-refractivity contribution is 7.88. The van der Waals surface area contributed by atoms with E-state index in [9.17, 15) is 26.4 Å². The summed E-state index contributed by atoms with van der Waals surface area (Å²) in [6.07, 6.45) is -2.45. The highest BCUT2D eigenvalue weighted by Crippen LogP contribution is 2.36. The lowest BCUT2D eigenvalue weighted by Crippen LogP contribution is -2.42. The van der Waals surface area contributed by atoms with Gasteiger partial charge in [-0.3, -0.25) is 0 Å². The zero-order chi connectivity index (χ0) is 29.8. The Labute approximate surface area is 236 Å². The summed E-state index contributed by atoms with van der Waals surface area (Å²) in [4.78, 5) is 15.6.